The van der Waals surface area contributed by atoms with Crippen molar-refractivity contribution in [3.63, 3.8) is 0 Å². The third kappa shape index (κ3) is 59.1. The molecule has 0 saturated carbocycles. The van der Waals surface area contributed by atoms with E-state index in [0.717, 1.165) is 32.1 Å². The fourth-order valence-electron chi connectivity index (χ4n) is 10.0. The summed E-state index contributed by atoms with van der Waals surface area (Å²) < 4.78 is 10.7. The van der Waals surface area contributed by atoms with Crippen molar-refractivity contribution in [2.45, 2.75) is 373 Å². The number of carbonyl (C=O) groups excluding carboxylic acids is 2. The highest BCUT2D eigenvalue weighted by atomic mass is 16.6. The molecule has 0 spiro atoms. The lowest BCUT2D eigenvalue weighted by Gasteiger charge is -2.15. The molecule has 69 heavy (non-hydrogen) atoms. The summed E-state index contributed by atoms with van der Waals surface area (Å²) in [7, 11) is 0. The Balaban J connectivity index is 3.34. The molecule has 5 heteroatoms. The smallest absolute Gasteiger partial charge is 0.306 e. The zero-order valence-electron chi connectivity index (χ0n) is 47.1. The number of ether oxygens (including phenoxy) is 2. The van der Waals surface area contributed by atoms with E-state index in [1.807, 2.05) is 0 Å². The van der Waals surface area contributed by atoms with Gasteiger partial charge in [-0.25, -0.2) is 0 Å². The van der Waals surface area contributed by atoms with E-state index in [-0.39, 0.29) is 25.2 Å². The van der Waals surface area contributed by atoms with Gasteiger partial charge >= 0.3 is 11.9 Å². The second kappa shape index (κ2) is 60.9. The second-order valence-electron chi connectivity index (χ2n) is 21.9. The summed E-state index contributed by atoms with van der Waals surface area (Å²) in [5.74, 6) is -0.574. The van der Waals surface area contributed by atoms with E-state index in [0.29, 0.717) is 12.8 Å². The molecule has 5 nitrogen and oxygen atoms in total. The average Bonchev–Trinajstić information content (AvgIpc) is 3.35. The highest BCUT2D eigenvalue weighted by molar-refractivity contribution is 5.70. The first-order valence-electron chi connectivity index (χ1n) is 31.7. The van der Waals surface area contributed by atoms with Gasteiger partial charge in [-0.3, -0.25) is 9.59 Å². The zero-order valence-corrected chi connectivity index (χ0v) is 47.1. The van der Waals surface area contributed by atoms with Crippen LogP contribution in [0.5, 0.6) is 0 Å². The third-order valence-corrected chi connectivity index (χ3v) is 14.8. The Morgan fingerprint density at radius 3 is 0.783 bits per heavy atom. The van der Waals surface area contributed by atoms with E-state index in [9.17, 15) is 14.7 Å². The first-order chi connectivity index (χ1) is 34.1. The maximum Gasteiger partial charge on any atom is 0.306 e. The van der Waals surface area contributed by atoms with Crippen molar-refractivity contribution in [1.29, 1.82) is 0 Å². The summed E-state index contributed by atoms with van der Waals surface area (Å²) in [5.41, 5.74) is 0. The minimum Gasteiger partial charge on any atom is -0.462 e. The molecule has 0 aromatic carbocycles. The SMILES string of the molecule is CCCCCCCC/C=C\CCCCCCCCCC(=O)OC(CO)COC(=O)CCCCCCCCCCCCCCCCCCCCCCCCCCCCCCCCCCCCCCCC. The Hall–Kier alpha value is -1.36. The van der Waals surface area contributed by atoms with Crippen LogP contribution in [0.3, 0.4) is 0 Å². The van der Waals surface area contributed by atoms with Crippen LogP contribution in [-0.4, -0.2) is 36.4 Å². The van der Waals surface area contributed by atoms with Crippen LogP contribution in [-0.2, 0) is 19.1 Å². The van der Waals surface area contributed by atoms with Crippen LogP contribution in [0.2, 0.25) is 0 Å². The summed E-state index contributed by atoms with van der Waals surface area (Å²) in [4.78, 5) is 24.5. The Morgan fingerprint density at radius 2 is 0.536 bits per heavy atom. The molecule has 0 aliphatic carbocycles. The van der Waals surface area contributed by atoms with Gasteiger partial charge in [0, 0.05) is 12.8 Å². The lowest BCUT2D eigenvalue weighted by molar-refractivity contribution is -0.161. The molecule has 0 saturated heterocycles. The lowest BCUT2D eigenvalue weighted by Crippen LogP contribution is -2.28. The van der Waals surface area contributed by atoms with Crippen LogP contribution in [0.1, 0.15) is 367 Å². The fourth-order valence-corrected chi connectivity index (χ4v) is 10.0. The molecule has 1 unspecified atom stereocenters. The van der Waals surface area contributed by atoms with Gasteiger partial charge in [-0.1, -0.05) is 328 Å². The number of carbonyl (C=O) groups is 2. The summed E-state index contributed by atoms with van der Waals surface area (Å²) in [6, 6.07) is 0. The van der Waals surface area contributed by atoms with Gasteiger partial charge in [0.2, 0.25) is 0 Å². The molecule has 0 heterocycles. The number of unbranched alkanes of at least 4 members (excludes halogenated alkanes) is 50. The minimum atomic E-state index is -0.769. The van der Waals surface area contributed by atoms with E-state index in [2.05, 4.69) is 26.0 Å². The highest BCUT2D eigenvalue weighted by Gasteiger charge is 2.16. The Bertz CT molecular complexity index is 1010. The fraction of sp³-hybridized carbons (Fsp3) is 0.938. The molecule has 0 radical (unpaired) electrons. The molecule has 0 amide bonds. The predicted molar refractivity (Wildman–Crippen MR) is 302 cm³/mol. The van der Waals surface area contributed by atoms with Gasteiger partial charge in [-0.2, -0.15) is 0 Å². The molecule has 0 aliphatic heterocycles. The van der Waals surface area contributed by atoms with Gasteiger partial charge in [0.25, 0.3) is 0 Å². The van der Waals surface area contributed by atoms with Gasteiger partial charge in [0.05, 0.1) is 6.61 Å². The van der Waals surface area contributed by atoms with Gasteiger partial charge in [0.1, 0.15) is 6.61 Å². The maximum absolute atomic E-state index is 12.3. The van der Waals surface area contributed by atoms with E-state index in [4.69, 9.17) is 9.47 Å². The molecule has 1 atom stereocenters. The third-order valence-electron chi connectivity index (χ3n) is 14.8. The largest absolute Gasteiger partial charge is 0.462 e. The molecule has 1 N–H and O–H groups in total. The van der Waals surface area contributed by atoms with E-state index in [1.54, 1.807) is 0 Å². The molecule has 0 rings (SSSR count). The number of hydrogen-bond donors (Lipinski definition) is 1. The van der Waals surface area contributed by atoms with Crippen molar-refractivity contribution in [2.75, 3.05) is 13.2 Å². The Labute approximate surface area is 432 Å². The number of esters is 2. The maximum atomic E-state index is 12.3. The molecule has 410 valence electrons. The van der Waals surface area contributed by atoms with Gasteiger partial charge in [-0.15, -0.1) is 0 Å². The lowest BCUT2D eigenvalue weighted by atomic mass is 10.0. The molecule has 0 aromatic rings. The van der Waals surface area contributed by atoms with Crippen LogP contribution in [0.15, 0.2) is 12.2 Å². The number of hydrogen-bond acceptors (Lipinski definition) is 5. The van der Waals surface area contributed by atoms with Crippen molar-refractivity contribution < 1.29 is 24.2 Å². The van der Waals surface area contributed by atoms with Crippen molar-refractivity contribution >= 4 is 11.9 Å². The summed E-state index contributed by atoms with van der Waals surface area (Å²) in [6.07, 6.45) is 76.7. The molecule has 0 fully saturated rings. The first kappa shape index (κ1) is 67.6. The normalized spacial score (nSPS) is 12.1. The summed E-state index contributed by atoms with van der Waals surface area (Å²) in [6.45, 7) is 4.19. The quantitative estimate of drug-likeness (QED) is 0.0373. The minimum absolute atomic E-state index is 0.0605. The van der Waals surface area contributed by atoms with E-state index in [1.165, 1.54) is 308 Å². The Morgan fingerprint density at radius 1 is 0.319 bits per heavy atom. The highest BCUT2D eigenvalue weighted by Crippen LogP contribution is 2.19. The molecular formula is C64H124O5. The number of aliphatic hydroxyl groups is 1. The molecule has 0 aromatic heterocycles. The Kier molecular flexibility index (Phi) is 59.7. The topological polar surface area (TPSA) is 72.8 Å². The van der Waals surface area contributed by atoms with Crippen LogP contribution in [0.4, 0.5) is 0 Å². The second-order valence-corrected chi connectivity index (χ2v) is 21.9. The van der Waals surface area contributed by atoms with Crippen LogP contribution >= 0.6 is 0 Å². The average molecular weight is 974 g/mol. The first-order valence-corrected chi connectivity index (χ1v) is 31.7. The van der Waals surface area contributed by atoms with E-state index >= 15 is 0 Å². The van der Waals surface area contributed by atoms with Crippen molar-refractivity contribution in [2.24, 2.45) is 0 Å². The summed E-state index contributed by atoms with van der Waals surface area (Å²) >= 11 is 0. The van der Waals surface area contributed by atoms with Crippen LogP contribution in [0, 0.1) is 0 Å². The van der Waals surface area contributed by atoms with Gasteiger partial charge < -0.3 is 14.6 Å². The van der Waals surface area contributed by atoms with Crippen molar-refractivity contribution in [3.05, 3.63) is 12.2 Å². The molecule has 0 aliphatic rings. The van der Waals surface area contributed by atoms with Crippen LogP contribution < -0.4 is 0 Å². The zero-order chi connectivity index (χ0) is 49.9. The summed E-state index contributed by atoms with van der Waals surface area (Å²) in [5, 5.41) is 9.65. The standard InChI is InChI=1S/C64H124O5/c1-3-5-7-9-11-13-15-17-19-21-22-23-24-25-26-27-28-29-30-31-32-33-34-35-36-37-38-39-40-41-43-44-46-48-50-52-54-56-58-63(66)68-61-62(60-65)69-64(67)59-57-55-53-51-49-47-45-42-20-18-16-14-12-10-8-6-4-2/h18,20,62,65H,3-17,19,21-61H2,1-2H3/b20-18-. The molecule has 0 bridgehead atoms. The van der Waals surface area contributed by atoms with Crippen molar-refractivity contribution in [1.82, 2.24) is 0 Å². The van der Waals surface area contributed by atoms with Crippen LogP contribution in [0.25, 0.3) is 0 Å². The predicted octanol–water partition coefficient (Wildman–Crippen LogP) is 21.5. The molecular weight excluding hydrogens is 849 g/mol. The van der Waals surface area contributed by atoms with Gasteiger partial charge in [0.15, 0.2) is 6.10 Å². The van der Waals surface area contributed by atoms with Crippen molar-refractivity contribution in [3.8, 4) is 0 Å². The van der Waals surface area contributed by atoms with E-state index < -0.39 is 6.10 Å². The number of allylic oxidation sites excluding steroid dienone is 2. The monoisotopic (exact) mass is 973 g/mol. The number of rotatable bonds is 60. The number of aliphatic hydroxyl groups excluding tert-OH is 1. The van der Waals surface area contributed by atoms with Gasteiger partial charge in [-0.05, 0) is 38.5 Å².